The maximum absolute atomic E-state index is 12.9. The van der Waals surface area contributed by atoms with Gasteiger partial charge in [0.05, 0.1) is 26.9 Å². The quantitative estimate of drug-likeness (QED) is 0.243. The molecule has 0 spiro atoms. The van der Waals surface area contributed by atoms with Gasteiger partial charge in [0, 0.05) is 17.9 Å². The molecule has 0 saturated heterocycles. The van der Waals surface area contributed by atoms with Crippen LogP contribution in [0.1, 0.15) is 35.6 Å². The van der Waals surface area contributed by atoms with Gasteiger partial charge >= 0.3 is 0 Å². The van der Waals surface area contributed by atoms with E-state index in [9.17, 15) is 4.79 Å². The fraction of sp³-hybridized carbons (Fsp3) is 0.400. The molecule has 1 unspecified atom stereocenters. The van der Waals surface area contributed by atoms with E-state index in [4.69, 9.17) is 14.2 Å². The van der Waals surface area contributed by atoms with Crippen LogP contribution in [0.5, 0.6) is 17.2 Å². The molecule has 1 amide bonds. The first-order valence-corrected chi connectivity index (χ1v) is 13.7. The zero-order chi connectivity index (χ0) is 25.0. The Labute approximate surface area is 215 Å². The number of benzene rings is 2. The Morgan fingerprint density at radius 2 is 1.60 bits per heavy atom. The summed E-state index contributed by atoms with van der Waals surface area (Å²) in [5.41, 5.74) is 0.577. The van der Waals surface area contributed by atoms with Crippen LogP contribution in [-0.2, 0) is 6.54 Å². The minimum Gasteiger partial charge on any atom is -0.497 e. The lowest BCUT2D eigenvalue weighted by Crippen LogP contribution is -2.31. The van der Waals surface area contributed by atoms with Crippen LogP contribution >= 0.6 is 23.5 Å². The van der Waals surface area contributed by atoms with Crippen molar-refractivity contribution in [2.75, 3.05) is 38.6 Å². The molecular weight excluding hydrogens is 484 g/mol. The van der Waals surface area contributed by atoms with E-state index in [-0.39, 0.29) is 11.9 Å². The summed E-state index contributed by atoms with van der Waals surface area (Å²) >= 11 is 3.32. The van der Waals surface area contributed by atoms with Crippen molar-refractivity contribution in [3.63, 3.8) is 0 Å². The molecule has 0 aliphatic rings. The average molecular weight is 517 g/mol. The van der Waals surface area contributed by atoms with Crippen LogP contribution in [0.25, 0.3) is 0 Å². The summed E-state index contributed by atoms with van der Waals surface area (Å²) in [7, 11) is 3.24. The Morgan fingerprint density at radius 1 is 0.971 bits per heavy atom. The molecule has 3 rings (SSSR count). The third-order valence-electron chi connectivity index (χ3n) is 5.28. The zero-order valence-corrected chi connectivity index (χ0v) is 22.2. The Morgan fingerprint density at radius 3 is 2.20 bits per heavy atom. The van der Waals surface area contributed by atoms with E-state index in [0.29, 0.717) is 24.5 Å². The Kier molecular flexibility index (Phi) is 10.6. The van der Waals surface area contributed by atoms with Crippen molar-refractivity contribution >= 4 is 29.4 Å². The van der Waals surface area contributed by atoms with Crippen molar-refractivity contribution in [1.29, 1.82) is 0 Å². The number of methoxy groups -OCH3 is 2. The smallest absolute Gasteiger partial charge is 0.251 e. The van der Waals surface area contributed by atoms with Crippen LogP contribution in [0.3, 0.4) is 0 Å². The van der Waals surface area contributed by atoms with Gasteiger partial charge in [0.25, 0.3) is 5.91 Å². The van der Waals surface area contributed by atoms with Gasteiger partial charge < -0.3 is 24.1 Å². The lowest BCUT2D eigenvalue weighted by molar-refractivity contribution is 0.0933. The molecule has 1 heterocycles. The van der Waals surface area contributed by atoms with Crippen LogP contribution < -0.4 is 19.5 Å². The number of aromatic nitrogens is 3. The van der Waals surface area contributed by atoms with Crippen LogP contribution in [-0.4, -0.2) is 59.3 Å². The Bertz CT molecular complexity index is 1060. The van der Waals surface area contributed by atoms with E-state index in [2.05, 4.69) is 33.3 Å². The van der Waals surface area contributed by atoms with Crippen LogP contribution in [0.15, 0.2) is 53.7 Å². The normalized spacial score (nSPS) is 11.7. The number of thioether (sulfide) groups is 2. The largest absolute Gasteiger partial charge is 0.497 e. The molecule has 35 heavy (non-hydrogen) atoms. The molecule has 0 radical (unpaired) electrons. The molecule has 0 aliphatic carbocycles. The molecular formula is C25H32N4O4S2. The standard InChI is InChI=1S/C25H32N4O4S2/c1-5-29-23(22(14-16-34-4)26-24(30)18-6-8-19(31-2)9-7-18)27-28-25(29)35-17-15-33-21-12-10-20(32-3)11-13-21/h6-13,22H,5,14-17H2,1-4H3,(H,26,30). The lowest BCUT2D eigenvalue weighted by Gasteiger charge is -2.19. The fourth-order valence-corrected chi connectivity index (χ4v) is 4.71. The predicted molar refractivity (Wildman–Crippen MR) is 141 cm³/mol. The van der Waals surface area contributed by atoms with Gasteiger partial charge in [-0.05, 0) is 73.9 Å². The van der Waals surface area contributed by atoms with Gasteiger partial charge in [-0.25, -0.2) is 0 Å². The summed E-state index contributed by atoms with van der Waals surface area (Å²) in [6, 6.07) is 14.4. The molecule has 8 nitrogen and oxygen atoms in total. The number of nitrogens with zero attached hydrogens (tertiary/aromatic N) is 3. The number of rotatable bonds is 14. The summed E-state index contributed by atoms with van der Waals surface area (Å²) in [4.78, 5) is 12.9. The van der Waals surface area contributed by atoms with Crippen molar-refractivity contribution in [1.82, 2.24) is 20.1 Å². The van der Waals surface area contributed by atoms with Crippen molar-refractivity contribution in [2.24, 2.45) is 0 Å². The highest BCUT2D eigenvalue weighted by Gasteiger charge is 2.23. The second-order valence-corrected chi connectivity index (χ2v) is 9.54. The Hall–Kier alpha value is -2.85. The SMILES string of the molecule is CCn1c(SCCOc2ccc(OC)cc2)nnc1C(CCSC)NC(=O)c1ccc(OC)cc1. The van der Waals surface area contributed by atoms with Gasteiger partial charge in [-0.1, -0.05) is 11.8 Å². The molecule has 1 atom stereocenters. The monoisotopic (exact) mass is 516 g/mol. The van der Waals surface area contributed by atoms with E-state index in [0.717, 1.165) is 40.4 Å². The second kappa shape index (κ2) is 13.9. The van der Waals surface area contributed by atoms with Crippen molar-refractivity contribution in [2.45, 2.75) is 31.1 Å². The minimum absolute atomic E-state index is 0.147. The predicted octanol–water partition coefficient (Wildman–Crippen LogP) is 4.71. The van der Waals surface area contributed by atoms with Gasteiger partial charge in [0.1, 0.15) is 17.2 Å². The maximum Gasteiger partial charge on any atom is 0.251 e. The number of hydrogen-bond acceptors (Lipinski definition) is 8. The first-order chi connectivity index (χ1) is 17.1. The highest BCUT2D eigenvalue weighted by Crippen LogP contribution is 2.24. The van der Waals surface area contributed by atoms with Crippen LogP contribution in [0, 0.1) is 0 Å². The number of carbonyl (C=O) groups excluding carboxylic acids is 1. The molecule has 188 valence electrons. The van der Waals surface area contributed by atoms with Gasteiger partial charge in [0.2, 0.25) is 0 Å². The first kappa shape index (κ1) is 26.7. The molecule has 0 saturated carbocycles. The van der Waals surface area contributed by atoms with E-state index in [1.165, 1.54) is 0 Å². The topological polar surface area (TPSA) is 87.5 Å². The van der Waals surface area contributed by atoms with Crippen molar-refractivity contribution in [3.05, 3.63) is 59.9 Å². The van der Waals surface area contributed by atoms with E-state index in [1.54, 1.807) is 62.0 Å². The molecule has 0 aliphatic heterocycles. The fourth-order valence-electron chi connectivity index (χ4n) is 3.41. The van der Waals surface area contributed by atoms with Gasteiger partial charge in [-0.15, -0.1) is 10.2 Å². The van der Waals surface area contributed by atoms with Crippen LogP contribution in [0.2, 0.25) is 0 Å². The number of amides is 1. The minimum atomic E-state index is -0.241. The van der Waals surface area contributed by atoms with Gasteiger partial charge in [0.15, 0.2) is 11.0 Å². The summed E-state index contributed by atoms with van der Waals surface area (Å²) < 4.78 is 18.3. The molecule has 0 bridgehead atoms. The summed E-state index contributed by atoms with van der Waals surface area (Å²) in [5, 5.41) is 12.8. The van der Waals surface area contributed by atoms with Gasteiger partial charge in [-0.3, -0.25) is 4.79 Å². The summed E-state index contributed by atoms with van der Waals surface area (Å²) in [6.45, 7) is 3.30. The van der Waals surface area contributed by atoms with Crippen LogP contribution in [0.4, 0.5) is 0 Å². The first-order valence-electron chi connectivity index (χ1n) is 11.4. The number of nitrogens with one attached hydrogen (secondary N) is 1. The third kappa shape index (κ3) is 7.57. The maximum atomic E-state index is 12.9. The molecule has 2 aromatic carbocycles. The van der Waals surface area contributed by atoms with E-state index in [1.807, 2.05) is 24.3 Å². The lowest BCUT2D eigenvalue weighted by atomic mass is 10.1. The zero-order valence-electron chi connectivity index (χ0n) is 20.5. The number of ether oxygens (including phenoxy) is 3. The van der Waals surface area contributed by atoms with E-state index < -0.39 is 0 Å². The van der Waals surface area contributed by atoms with E-state index >= 15 is 0 Å². The summed E-state index contributed by atoms with van der Waals surface area (Å²) in [6.07, 6.45) is 2.81. The molecule has 1 N–H and O–H groups in total. The summed E-state index contributed by atoms with van der Waals surface area (Å²) in [5.74, 6) is 4.53. The molecule has 10 heteroatoms. The van der Waals surface area contributed by atoms with Crippen molar-refractivity contribution in [3.8, 4) is 17.2 Å². The average Bonchev–Trinajstić information content (AvgIpc) is 3.32. The van der Waals surface area contributed by atoms with Crippen molar-refractivity contribution < 1.29 is 19.0 Å². The molecule has 3 aromatic rings. The second-order valence-electron chi connectivity index (χ2n) is 7.49. The third-order valence-corrected chi connectivity index (χ3v) is 6.86. The number of hydrogen-bond donors (Lipinski definition) is 1. The highest BCUT2D eigenvalue weighted by molar-refractivity contribution is 7.99. The molecule has 0 fully saturated rings. The number of carbonyl (C=O) groups is 1. The highest BCUT2D eigenvalue weighted by atomic mass is 32.2. The Balaban J connectivity index is 1.64. The molecule has 1 aromatic heterocycles. The van der Waals surface area contributed by atoms with Gasteiger partial charge in [-0.2, -0.15) is 11.8 Å².